The fraction of sp³-hybridized carbons (Fsp3) is 0.111. The van der Waals surface area contributed by atoms with E-state index in [0.717, 1.165) is 16.9 Å². The molecule has 27 heavy (non-hydrogen) atoms. The van der Waals surface area contributed by atoms with Gasteiger partial charge in [0.1, 0.15) is 5.82 Å². The third-order valence-corrected chi connectivity index (χ3v) is 5.86. The highest BCUT2D eigenvalue weighted by atomic mass is 32.2. The summed E-state index contributed by atoms with van der Waals surface area (Å²) in [6, 6.07) is 13.8. The van der Waals surface area contributed by atoms with E-state index in [4.69, 9.17) is 0 Å². The van der Waals surface area contributed by atoms with Gasteiger partial charge in [0.05, 0.1) is 17.0 Å². The summed E-state index contributed by atoms with van der Waals surface area (Å²) in [6.45, 7) is 0.275. The van der Waals surface area contributed by atoms with E-state index in [1.807, 2.05) is 0 Å². The number of hydrogen-bond acceptors (Lipinski definition) is 5. The van der Waals surface area contributed by atoms with Crippen LogP contribution in [0.2, 0.25) is 0 Å². The number of anilines is 1. The van der Waals surface area contributed by atoms with Crippen LogP contribution in [-0.4, -0.2) is 19.3 Å². The quantitative estimate of drug-likeness (QED) is 0.633. The number of carbonyl (C=O) groups is 1. The van der Waals surface area contributed by atoms with Crippen molar-refractivity contribution >= 4 is 32.4 Å². The molecule has 3 aromatic rings. The number of rotatable bonds is 7. The molecular formula is C18H16FN3O3S2. The number of hydrogen-bond donors (Lipinski definition) is 2. The highest BCUT2D eigenvalue weighted by molar-refractivity contribution is 7.93. The molecule has 6 nitrogen and oxygen atoms in total. The lowest BCUT2D eigenvalue weighted by Crippen LogP contribution is -2.24. The van der Waals surface area contributed by atoms with Crippen molar-refractivity contribution in [1.29, 1.82) is 0 Å². The van der Waals surface area contributed by atoms with Crippen LogP contribution in [0.5, 0.6) is 0 Å². The van der Waals surface area contributed by atoms with Crippen LogP contribution in [0.15, 0.2) is 64.9 Å². The highest BCUT2D eigenvalue weighted by Gasteiger charge is 2.16. The van der Waals surface area contributed by atoms with Crippen molar-refractivity contribution in [3.63, 3.8) is 0 Å². The number of aromatic nitrogens is 1. The summed E-state index contributed by atoms with van der Waals surface area (Å²) in [5.41, 5.74) is 1.24. The monoisotopic (exact) mass is 405 g/mol. The van der Waals surface area contributed by atoms with Gasteiger partial charge in [-0.15, -0.1) is 11.3 Å². The van der Waals surface area contributed by atoms with E-state index < -0.39 is 10.0 Å². The molecule has 1 heterocycles. The molecule has 0 unspecified atom stereocenters. The SMILES string of the molecule is O=C(Cc1csc(NS(=O)(=O)c2ccccc2)n1)NCc1ccc(F)cc1. The number of sulfonamides is 1. The van der Waals surface area contributed by atoms with Crippen LogP contribution in [0.4, 0.5) is 9.52 Å². The number of benzene rings is 2. The third-order valence-electron chi connectivity index (χ3n) is 3.57. The summed E-state index contributed by atoms with van der Waals surface area (Å²) >= 11 is 1.11. The molecule has 0 saturated heterocycles. The molecule has 0 radical (unpaired) electrons. The maximum Gasteiger partial charge on any atom is 0.263 e. The molecule has 0 aliphatic rings. The standard InChI is InChI=1S/C18H16FN3O3S2/c19-14-8-6-13(7-9-14)11-20-17(23)10-15-12-26-18(21-15)22-27(24,25)16-4-2-1-3-5-16/h1-9,12H,10-11H2,(H,20,23)(H,21,22). The number of amides is 1. The minimum absolute atomic E-state index is 0.0186. The molecule has 0 saturated carbocycles. The van der Waals surface area contributed by atoms with Gasteiger partial charge in [-0.1, -0.05) is 30.3 Å². The van der Waals surface area contributed by atoms with Gasteiger partial charge in [-0.05, 0) is 29.8 Å². The molecule has 9 heteroatoms. The second-order valence-electron chi connectivity index (χ2n) is 5.64. The fourth-order valence-corrected chi connectivity index (χ4v) is 4.22. The van der Waals surface area contributed by atoms with Gasteiger partial charge in [-0.25, -0.2) is 17.8 Å². The maximum atomic E-state index is 12.9. The van der Waals surface area contributed by atoms with Gasteiger partial charge in [0.25, 0.3) is 10.0 Å². The van der Waals surface area contributed by atoms with E-state index in [1.54, 1.807) is 35.7 Å². The molecule has 0 fully saturated rings. The van der Waals surface area contributed by atoms with Crippen molar-refractivity contribution in [2.24, 2.45) is 0 Å². The minimum Gasteiger partial charge on any atom is -0.352 e. The van der Waals surface area contributed by atoms with Gasteiger partial charge in [0.2, 0.25) is 5.91 Å². The Balaban J connectivity index is 1.56. The summed E-state index contributed by atoms with van der Waals surface area (Å²) in [5, 5.41) is 4.53. The first-order valence-corrected chi connectivity index (χ1v) is 10.3. The second kappa shape index (κ2) is 8.28. The molecule has 0 aliphatic carbocycles. The van der Waals surface area contributed by atoms with Crippen LogP contribution in [0.25, 0.3) is 0 Å². The van der Waals surface area contributed by atoms with Crippen LogP contribution in [0, 0.1) is 5.82 Å². The van der Waals surface area contributed by atoms with Gasteiger partial charge in [-0.2, -0.15) is 0 Å². The van der Waals surface area contributed by atoms with Crippen molar-refractivity contribution in [1.82, 2.24) is 10.3 Å². The molecule has 0 atom stereocenters. The number of carbonyl (C=O) groups excluding carboxylic acids is 1. The average molecular weight is 405 g/mol. The molecular weight excluding hydrogens is 389 g/mol. The van der Waals surface area contributed by atoms with Crippen molar-refractivity contribution in [3.05, 3.63) is 77.1 Å². The van der Waals surface area contributed by atoms with E-state index in [-0.39, 0.29) is 34.7 Å². The molecule has 3 rings (SSSR count). The summed E-state index contributed by atoms with van der Waals surface area (Å²) in [5.74, 6) is -0.597. The molecule has 2 N–H and O–H groups in total. The number of nitrogens with one attached hydrogen (secondary N) is 2. The summed E-state index contributed by atoms with van der Waals surface area (Å²) in [7, 11) is -3.71. The van der Waals surface area contributed by atoms with Crippen LogP contribution in [0.1, 0.15) is 11.3 Å². The predicted octanol–water partition coefficient (Wildman–Crippen LogP) is 2.94. The minimum atomic E-state index is -3.71. The van der Waals surface area contributed by atoms with Crippen molar-refractivity contribution in [2.45, 2.75) is 17.9 Å². The highest BCUT2D eigenvalue weighted by Crippen LogP contribution is 2.20. The second-order valence-corrected chi connectivity index (χ2v) is 8.18. The third kappa shape index (κ3) is 5.35. The molecule has 0 spiro atoms. The Morgan fingerprint density at radius 2 is 1.78 bits per heavy atom. The molecule has 0 bridgehead atoms. The van der Waals surface area contributed by atoms with Crippen LogP contribution >= 0.6 is 11.3 Å². The molecule has 1 aromatic heterocycles. The summed E-state index contributed by atoms with van der Waals surface area (Å²) in [4.78, 5) is 16.3. The summed E-state index contributed by atoms with van der Waals surface area (Å²) in [6.07, 6.45) is 0.0186. The lowest BCUT2D eigenvalue weighted by atomic mass is 10.2. The van der Waals surface area contributed by atoms with Crippen molar-refractivity contribution in [3.8, 4) is 0 Å². The first-order valence-electron chi connectivity index (χ1n) is 7.96. The zero-order chi connectivity index (χ0) is 19.3. The van der Waals surface area contributed by atoms with E-state index in [0.29, 0.717) is 5.69 Å². The Hall–Kier alpha value is -2.78. The first-order chi connectivity index (χ1) is 12.9. The van der Waals surface area contributed by atoms with E-state index in [2.05, 4.69) is 15.0 Å². The Morgan fingerprint density at radius 3 is 2.48 bits per heavy atom. The number of nitrogens with zero attached hydrogens (tertiary/aromatic N) is 1. The number of halogens is 1. The zero-order valence-corrected chi connectivity index (χ0v) is 15.7. The Labute approximate surface area is 160 Å². The fourth-order valence-electron chi connectivity index (χ4n) is 2.24. The zero-order valence-electron chi connectivity index (χ0n) is 14.1. The largest absolute Gasteiger partial charge is 0.352 e. The first kappa shape index (κ1) is 19.0. The lowest BCUT2D eigenvalue weighted by Gasteiger charge is -2.05. The van der Waals surface area contributed by atoms with Crippen molar-refractivity contribution in [2.75, 3.05) is 4.72 Å². The normalized spacial score (nSPS) is 11.1. The van der Waals surface area contributed by atoms with Gasteiger partial charge in [0.15, 0.2) is 5.13 Å². The Kier molecular flexibility index (Phi) is 5.82. The Bertz CT molecular complexity index is 1020. The molecule has 140 valence electrons. The van der Waals surface area contributed by atoms with Crippen molar-refractivity contribution < 1.29 is 17.6 Å². The van der Waals surface area contributed by atoms with Gasteiger partial charge in [0, 0.05) is 11.9 Å². The van der Waals surface area contributed by atoms with E-state index in [9.17, 15) is 17.6 Å². The van der Waals surface area contributed by atoms with E-state index in [1.165, 1.54) is 24.3 Å². The average Bonchev–Trinajstić information content (AvgIpc) is 3.08. The lowest BCUT2D eigenvalue weighted by molar-refractivity contribution is -0.120. The van der Waals surface area contributed by atoms with Crippen LogP contribution in [-0.2, 0) is 27.8 Å². The van der Waals surface area contributed by atoms with Gasteiger partial charge >= 0.3 is 0 Å². The van der Waals surface area contributed by atoms with Crippen LogP contribution < -0.4 is 10.0 Å². The smallest absolute Gasteiger partial charge is 0.263 e. The maximum absolute atomic E-state index is 12.9. The summed E-state index contributed by atoms with van der Waals surface area (Å²) < 4.78 is 39.8. The molecule has 2 aromatic carbocycles. The number of thiazole rings is 1. The van der Waals surface area contributed by atoms with Gasteiger partial charge < -0.3 is 5.32 Å². The molecule has 0 aliphatic heterocycles. The Morgan fingerprint density at radius 1 is 1.07 bits per heavy atom. The van der Waals surface area contributed by atoms with Crippen LogP contribution in [0.3, 0.4) is 0 Å². The van der Waals surface area contributed by atoms with E-state index >= 15 is 0 Å². The van der Waals surface area contributed by atoms with Gasteiger partial charge in [-0.3, -0.25) is 9.52 Å². The topological polar surface area (TPSA) is 88.2 Å². The predicted molar refractivity (Wildman–Crippen MR) is 101 cm³/mol. The molecule has 1 amide bonds.